The molecule has 2 heteroatoms. The molecule has 78 valence electrons. The summed E-state index contributed by atoms with van der Waals surface area (Å²) in [4.78, 5) is 1.17. The highest BCUT2D eigenvalue weighted by Crippen LogP contribution is 2.40. The van der Waals surface area contributed by atoms with Crippen LogP contribution in [0, 0.1) is 5.82 Å². The van der Waals surface area contributed by atoms with E-state index in [4.69, 9.17) is 0 Å². The number of hydrogen-bond acceptors (Lipinski definition) is 0. The Morgan fingerprint density at radius 1 is 0.812 bits per heavy atom. The highest BCUT2D eigenvalue weighted by atomic mass is 32.2. The molecule has 0 bridgehead atoms. The van der Waals surface area contributed by atoms with E-state index < -0.39 is 0 Å². The van der Waals surface area contributed by atoms with Crippen LogP contribution in [0.4, 0.5) is 4.39 Å². The molecule has 0 saturated heterocycles. The predicted molar refractivity (Wildman–Crippen MR) is 67.7 cm³/mol. The average molecular weight is 229 g/mol. The van der Waals surface area contributed by atoms with Crippen LogP contribution in [0.1, 0.15) is 0 Å². The second-order valence-electron chi connectivity index (χ2n) is 3.61. The molecule has 1 heterocycles. The molecule has 3 rings (SSSR count). The van der Waals surface area contributed by atoms with Crippen molar-refractivity contribution >= 4 is 20.6 Å². The lowest BCUT2D eigenvalue weighted by molar-refractivity contribution is 0.641. The third kappa shape index (κ3) is 1.42. The number of rotatable bonds is 1. The lowest BCUT2D eigenvalue weighted by atomic mass is 10.3. The minimum absolute atomic E-state index is 0.102. The maximum absolute atomic E-state index is 13.8. The smallest absolute Gasteiger partial charge is 0.201 e. The lowest BCUT2D eigenvalue weighted by Gasteiger charge is -1.92. The van der Waals surface area contributed by atoms with Gasteiger partial charge in [-0.1, -0.05) is 24.3 Å². The van der Waals surface area contributed by atoms with Gasteiger partial charge in [-0.3, -0.25) is 0 Å². The van der Waals surface area contributed by atoms with Crippen molar-refractivity contribution in [2.75, 3.05) is 0 Å². The fraction of sp³-hybridized carbons (Fsp3) is 0. The zero-order valence-electron chi connectivity index (χ0n) is 8.56. The van der Waals surface area contributed by atoms with Crippen molar-refractivity contribution in [1.29, 1.82) is 0 Å². The van der Waals surface area contributed by atoms with Crippen LogP contribution >= 0.6 is 10.5 Å². The highest BCUT2D eigenvalue weighted by Gasteiger charge is 2.18. The van der Waals surface area contributed by atoms with Gasteiger partial charge in [0.15, 0.2) is 10.7 Å². The molecule has 1 atom stereocenters. The first kappa shape index (κ1) is 9.55. The molecule has 0 aliphatic rings. The molecule has 0 amide bonds. The van der Waals surface area contributed by atoms with Crippen LogP contribution < -0.4 is 0 Å². The molecule has 0 aliphatic carbocycles. The van der Waals surface area contributed by atoms with Crippen LogP contribution in [-0.2, 0) is 0 Å². The highest BCUT2D eigenvalue weighted by molar-refractivity contribution is 7.43. The first-order valence-electron chi connectivity index (χ1n) is 5.11. The van der Waals surface area contributed by atoms with Gasteiger partial charge >= 0.3 is 0 Å². The summed E-state index contributed by atoms with van der Waals surface area (Å²) in [5, 5.41) is 3.09. The maximum Gasteiger partial charge on any atom is 0.221 e. The Labute approximate surface area is 95.9 Å². The number of halogens is 1. The van der Waals surface area contributed by atoms with Gasteiger partial charge in [-0.15, -0.1) is 0 Å². The second-order valence-corrected chi connectivity index (χ2v) is 5.44. The topological polar surface area (TPSA) is 0 Å². The van der Waals surface area contributed by atoms with Crippen molar-refractivity contribution in [3.8, 4) is 4.90 Å². The second kappa shape index (κ2) is 3.72. The molecule has 2 aromatic carbocycles. The Morgan fingerprint density at radius 2 is 1.62 bits per heavy atom. The minimum atomic E-state index is -0.233. The molecular formula is C14H10FS+. The number of benzene rings is 2. The maximum atomic E-state index is 13.8. The zero-order valence-corrected chi connectivity index (χ0v) is 9.38. The van der Waals surface area contributed by atoms with E-state index in [1.807, 2.05) is 30.3 Å². The van der Waals surface area contributed by atoms with E-state index in [-0.39, 0.29) is 16.3 Å². The van der Waals surface area contributed by atoms with Crippen LogP contribution in [0.15, 0.2) is 60.0 Å². The van der Waals surface area contributed by atoms with Gasteiger partial charge in [0.2, 0.25) is 4.70 Å². The number of hydrogen-bond donors (Lipinski definition) is 0. The summed E-state index contributed by atoms with van der Waals surface area (Å²) >= 11 is 0. The Balaban J connectivity index is 2.33. The summed E-state index contributed by atoms with van der Waals surface area (Å²) in [6.45, 7) is 0. The van der Waals surface area contributed by atoms with Crippen LogP contribution in [0.5, 0.6) is 0 Å². The minimum Gasteiger partial charge on any atom is -0.201 e. The van der Waals surface area contributed by atoms with E-state index in [0.29, 0.717) is 0 Å². The number of fused-ring (bicyclic) bond motifs is 1. The van der Waals surface area contributed by atoms with Gasteiger partial charge in [-0.2, -0.15) is 0 Å². The third-order valence-electron chi connectivity index (χ3n) is 2.60. The molecule has 0 N–H and O–H groups in total. The predicted octanol–water partition coefficient (Wildman–Crippen LogP) is 4.72. The monoisotopic (exact) mass is 229 g/mol. The van der Waals surface area contributed by atoms with Gasteiger partial charge in [-0.05, 0) is 24.3 Å². The summed E-state index contributed by atoms with van der Waals surface area (Å²) < 4.78 is 14.6. The van der Waals surface area contributed by atoms with Crippen LogP contribution in [-0.4, -0.2) is 0 Å². The molecule has 0 fully saturated rings. The van der Waals surface area contributed by atoms with E-state index in [1.54, 1.807) is 6.07 Å². The van der Waals surface area contributed by atoms with Gasteiger partial charge in [-0.25, -0.2) is 4.39 Å². The summed E-state index contributed by atoms with van der Waals surface area (Å²) in [5.74, 6) is -0.102. The lowest BCUT2D eigenvalue weighted by Crippen LogP contribution is -1.74. The van der Waals surface area contributed by atoms with Gasteiger partial charge in [0.1, 0.15) is 5.38 Å². The molecular weight excluding hydrogens is 219 g/mol. The van der Waals surface area contributed by atoms with Crippen molar-refractivity contribution < 1.29 is 4.39 Å². The van der Waals surface area contributed by atoms with Crippen LogP contribution in [0.3, 0.4) is 0 Å². The van der Waals surface area contributed by atoms with Gasteiger partial charge in [0.05, 0.1) is 0 Å². The Hall–Kier alpha value is -1.67. The standard InChI is InChI=1S/C14H10FS/c15-13-8-4-5-11-9-10-16(14(11)13)12-6-2-1-3-7-12/h1-10H/q+1. The molecule has 3 aromatic rings. The normalized spacial score (nSPS) is 11.9. The largest absolute Gasteiger partial charge is 0.221 e. The van der Waals surface area contributed by atoms with Crippen molar-refractivity contribution in [2.24, 2.45) is 0 Å². The van der Waals surface area contributed by atoms with E-state index >= 15 is 0 Å². The Bertz CT molecular complexity index is 626. The Kier molecular flexibility index (Phi) is 2.22. The molecule has 1 aromatic heterocycles. The van der Waals surface area contributed by atoms with Crippen LogP contribution in [0.25, 0.3) is 15.0 Å². The summed E-state index contributed by atoms with van der Waals surface area (Å²) in [7, 11) is -0.233. The quantitative estimate of drug-likeness (QED) is 0.530. The third-order valence-corrected chi connectivity index (χ3v) is 4.66. The van der Waals surface area contributed by atoms with Gasteiger partial charge in [0, 0.05) is 21.9 Å². The van der Waals surface area contributed by atoms with Crippen molar-refractivity contribution in [2.45, 2.75) is 0 Å². The van der Waals surface area contributed by atoms with Gasteiger partial charge in [0.25, 0.3) is 0 Å². The number of thiophene rings is 1. The molecule has 1 unspecified atom stereocenters. The van der Waals surface area contributed by atoms with E-state index in [1.165, 1.54) is 11.0 Å². The average Bonchev–Trinajstić information content (AvgIpc) is 2.75. The fourth-order valence-electron chi connectivity index (χ4n) is 1.86. The first-order chi connectivity index (χ1) is 7.86. The SMILES string of the molecule is Fc1cccc2cc[s+](-c3ccccc3)c12. The van der Waals surface area contributed by atoms with Gasteiger partial charge < -0.3 is 0 Å². The summed E-state index contributed by atoms with van der Waals surface area (Å²) in [5.41, 5.74) is 0. The molecule has 0 nitrogen and oxygen atoms in total. The molecule has 0 aliphatic heterocycles. The molecule has 0 radical (unpaired) electrons. The zero-order chi connectivity index (χ0) is 11.0. The van der Waals surface area contributed by atoms with E-state index in [2.05, 4.69) is 17.5 Å². The molecule has 0 saturated carbocycles. The molecule has 0 spiro atoms. The van der Waals surface area contributed by atoms with E-state index in [9.17, 15) is 4.39 Å². The van der Waals surface area contributed by atoms with Crippen molar-refractivity contribution in [3.05, 3.63) is 65.8 Å². The van der Waals surface area contributed by atoms with E-state index in [0.717, 1.165) is 10.1 Å². The van der Waals surface area contributed by atoms with Crippen molar-refractivity contribution in [3.63, 3.8) is 0 Å². The fourth-order valence-corrected chi connectivity index (χ4v) is 3.79. The van der Waals surface area contributed by atoms with Crippen molar-refractivity contribution in [1.82, 2.24) is 0 Å². The first-order valence-corrected chi connectivity index (χ1v) is 6.40. The molecule has 16 heavy (non-hydrogen) atoms. The summed E-state index contributed by atoms with van der Waals surface area (Å²) in [6, 6.07) is 17.3. The Morgan fingerprint density at radius 3 is 2.44 bits per heavy atom. The van der Waals surface area contributed by atoms with Crippen LogP contribution in [0.2, 0.25) is 0 Å². The summed E-state index contributed by atoms with van der Waals surface area (Å²) in [6.07, 6.45) is 0.